The van der Waals surface area contributed by atoms with Crippen LogP contribution in [-0.4, -0.2) is 61.8 Å². The highest BCUT2D eigenvalue weighted by Gasteiger charge is 2.76. The van der Waals surface area contributed by atoms with Crippen LogP contribution in [0.15, 0.2) is 24.3 Å². The van der Waals surface area contributed by atoms with E-state index in [4.69, 9.17) is 9.47 Å². The highest BCUT2D eigenvalue weighted by molar-refractivity contribution is 5.97. The molecule has 2 atom stereocenters. The number of aliphatic hydroxyl groups is 1. The summed E-state index contributed by atoms with van der Waals surface area (Å²) in [5.41, 5.74) is -0.966. The molecule has 11 heteroatoms. The van der Waals surface area contributed by atoms with E-state index in [0.717, 1.165) is 0 Å². The third-order valence-corrected chi connectivity index (χ3v) is 6.37. The van der Waals surface area contributed by atoms with E-state index in [1.165, 1.54) is 32.9 Å². The van der Waals surface area contributed by atoms with Crippen LogP contribution in [0.1, 0.15) is 55.7 Å². The molecule has 4 heterocycles. The molecule has 0 aromatic carbocycles. The number of carbonyl (C=O) groups excluding carboxylic acids is 2. The Hall–Kier alpha value is -3.18. The van der Waals surface area contributed by atoms with Gasteiger partial charge in [0.2, 0.25) is 11.8 Å². The van der Waals surface area contributed by atoms with E-state index in [-0.39, 0.29) is 34.4 Å². The fourth-order valence-corrected chi connectivity index (χ4v) is 4.06. The van der Waals surface area contributed by atoms with Gasteiger partial charge in [-0.2, -0.15) is 4.98 Å². The second kappa shape index (κ2) is 8.20. The van der Waals surface area contributed by atoms with E-state index in [1.54, 1.807) is 26.0 Å². The minimum Gasteiger partial charge on any atom is -0.471 e. The van der Waals surface area contributed by atoms with Crippen molar-refractivity contribution < 1.29 is 37.4 Å². The zero-order valence-corrected chi connectivity index (χ0v) is 20.3. The van der Waals surface area contributed by atoms with Crippen LogP contribution in [0.4, 0.5) is 14.6 Å². The molecule has 35 heavy (non-hydrogen) atoms. The van der Waals surface area contributed by atoms with Crippen LogP contribution in [0.25, 0.3) is 0 Å². The lowest BCUT2D eigenvalue weighted by Gasteiger charge is -2.28. The summed E-state index contributed by atoms with van der Waals surface area (Å²) in [6, 6.07) is 6.26. The first-order valence-electron chi connectivity index (χ1n) is 11.3. The Morgan fingerprint density at radius 2 is 2.00 bits per heavy atom. The van der Waals surface area contributed by atoms with Crippen molar-refractivity contribution in [2.45, 2.75) is 64.8 Å². The number of halogens is 2. The van der Waals surface area contributed by atoms with Crippen LogP contribution < -0.4 is 14.8 Å². The van der Waals surface area contributed by atoms with Gasteiger partial charge in [0.05, 0.1) is 11.1 Å². The third-order valence-electron chi connectivity index (χ3n) is 6.37. The Labute approximate surface area is 201 Å². The van der Waals surface area contributed by atoms with Gasteiger partial charge < -0.3 is 19.9 Å². The van der Waals surface area contributed by atoms with E-state index >= 15 is 0 Å². The molecular formula is C24H29F2N4O5+. The number of hydrogen-bond donors (Lipinski definition) is 2. The minimum absolute atomic E-state index is 0.0158. The molecule has 0 bridgehead atoms. The highest BCUT2D eigenvalue weighted by atomic mass is 19.3. The number of aryl methyl sites for hydroxylation is 1. The molecule has 188 valence electrons. The summed E-state index contributed by atoms with van der Waals surface area (Å²) in [5.74, 6) is -3.36. The molecule has 0 aliphatic carbocycles. The molecule has 0 radical (unpaired) electrons. The Bertz CT molecular complexity index is 1200. The molecular weight excluding hydrogens is 462 g/mol. The lowest BCUT2D eigenvalue weighted by molar-refractivity contribution is -0.778. The SMILES string of the molecule is CCC(F)(F)COc1ccc2c(n1)OC1(C)C[N+]1(C(=O)c1cc(C)nc(NC(=O)C(C)(C)O)c1)C2. The summed E-state index contributed by atoms with van der Waals surface area (Å²) in [4.78, 5) is 34.3. The van der Waals surface area contributed by atoms with Crippen molar-refractivity contribution in [3.05, 3.63) is 41.1 Å². The molecule has 2 aromatic heterocycles. The zero-order chi connectivity index (χ0) is 25.8. The number of pyridine rings is 2. The van der Waals surface area contributed by atoms with Gasteiger partial charge in [-0.05, 0) is 39.0 Å². The van der Waals surface area contributed by atoms with Crippen LogP contribution in [0, 0.1) is 6.92 Å². The maximum absolute atomic E-state index is 13.7. The van der Waals surface area contributed by atoms with Crippen molar-refractivity contribution in [2.75, 3.05) is 18.5 Å². The van der Waals surface area contributed by atoms with Crippen molar-refractivity contribution in [3.8, 4) is 11.8 Å². The molecule has 2 amide bonds. The van der Waals surface area contributed by atoms with Gasteiger partial charge in [0.1, 0.15) is 18.0 Å². The number of rotatable bonds is 7. The van der Waals surface area contributed by atoms with E-state index < -0.39 is 29.8 Å². The van der Waals surface area contributed by atoms with Crippen molar-refractivity contribution in [2.24, 2.45) is 0 Å². The van der Waals surface area contributed by atoms with Gasteiger partial charge in [-0.3, -0.25) is 4.79 Å². The Morgan fingerprint density at radius 1 is 1.29 bits per heavy atom. The summed E-state index contributed by atoms with van der Waals surface area (Å²) in [5, 5.41) is 12.4. The maximum Gasteiger partial charge on any atom is 0.350 e. The molecule has 1 fully saturated rings. The molecule has 9 nitrogen and oxygen atoms in total. The summed E-state index contributed by atoms with van der Waals surface area (Å²) >= 11 is 0. The monoisotopic (exact) mass is 491 g/mol. The fraction of sp³-hybridized carbons (Fsp3) is 0.500. The second-order valence-electron chi connectivity index (χ2n) is 9.87. The largest absolute Gasteiger partial charge is 0.471 e. The number of fused-ring (bicyclic) bond motifs is 2. The predicted octanol–water partition coefficient (Wildman–Crippen LogP) is 3.20. The third kappa shape index (κ3) is 4.70. The minimum atomic E-state index is -2.95. The quantitative estimate of drug-likeness (QED) is 0.452. The van der Waals surface area contributed by atoms with Gasteiger partial charge in [0.25, 0.3) is 17.6 Å². The Morgan fingerprint density at radius 3 is 2.66 bits per heavy atom. The molecule has 2 aromatic rings. The smallest absolute Gasteiger partial charge is 0.350 e. The summed E-state index contributed by atoms with van der Waals surface area (Å²) < 4.78 is 38.3. The Kier molecular flexibility index (Phi) is 5.84. The van der Waals surface area contributed by atoms with Crippen molar-refractivity contribution >= 4 is 17.6 Å². The number of alkyl halides is 2. The molecule has 2 unspecified atom stereocenters. The second-order valence-corrected chi connectivity index (χ2v) is 9.87. The molecule has 1 saturated heterocycles. The molecule has 4 rings (SSSR count). The van der Waals surface area contributed by atoms with Gasteiger partial charge in [-0.15, -0.1) is 0 Å². The standard InChI is InChI=1S/C24H28F2N4O5/c1-6-24(25,26)13-34-18-8-7-15-11-30(12-23(30,5)35-19(15)29-18)20(31)16-9-14(2)27-17(10-16)28-21(32)22(3,4)33/h7-10,33H,6,11-13H2,1-5H3/p+1. The number of amides is 2. The maximum atomic E-state index is 13.7. The molecule has 2 aliphatic rings. The molecule has 2 N–H and O–H groups in total. The van der Waals surface area contributed by atoms with E-state index in [1.807, 2.05) is 0 Å². The number of nitrogens with one attached hydrogen (secondary N) is 1. The van der Waals surface area contributed by atoms with Crippen LogP contribution in [-0.2, 0) is 11.3 Å². The van der Waals surface area contributed by atoms with E-state index in [2.05, 4.69) is 15.3 Å². The highest BCUT2D eigenvalue weighted by Crippen LogP contribution is 2.52. The number of aromatic nitrogens is 2. The van der Waals surface area contributed by atoms with Crippen molar-refractivity contribution in [1.29, 1.82) is 0 Å². The molecule has 2 aliphatic heterocycles. The van der Waals surface area contributed by atoms with Gasteiger partial charge >= 0.3 is 5.91 Å². The normalized spacial score (nSPS) is 23.0. The van der Waals surface area contributed by atoms with Gasteiger partial charge in [0.15, 0.2) is 13.2 Å². The van der Waals surface area contributed by atoms with Crippen molar-refractivity contribution in [1.82, 2.24) is 9.97 Å². The first kappa shape index (κ1) is 24.9. The average molecular weight is 492 g/mol. The Balaban J connectivity index is 1.56. The number of nitrogens with zero attached hydrogens (tertiary/aromatic N) is 3. The summed E-state index contributed by atoms with van der Waals surface area (Å²) in [7, 11) is 0. The van der Waals surface area contributed by atoms with E-state index in [0.29, 0.717) is 29.9 Å². The van der Waals surface area contributed by atoms with Gasteiger partial charge in [0, 0.05) is 25.1 Å². The van der Waals surface area contributed by atoms with Gasteiger partial charge in [-0.1, -0.05) is 6.92 Å². The van der Waals surface area contributed by atoms with Crippen LogP contribution >= 0.6 is 0 Å². The number of hydrogen-bond acceptors (Lipinski definition) is 7. The number of carbonyl (C=O) groups is 2. The topological polar surface area (TPSA) is 111 Å². The van der Waals surface area contributed by atoms with Crippen LogP contribution in [0.2, 0.25) is 0 Å². The van der Waals surface area contributed by atoms with Crippen molar-refractivity contribution in [3.63, 3.8) is 0 Å². The summed E-state index contributed by atoms with van der Waals surface area (Å²) in [6.07, 6.45) is -0.341. The fourth-order valence-electron chi connectivity index (χ4n) is 4.06. The molecule has 0 spiro atoms. The van der Waals surface area contributed by atoms with Gasteiger partial charge in [-0.25, -0.2) is 23.0 Å². The number of quaternary nitrogens is 1. The average Bonchev–Trinajstić information content (AvgIpc) is 3.39. The lowest BCUT2D eigenvalue weighted by Crippen LogP contribution is -2.45. The predicted molar refractivity (Wildman–Crippen MR) is 121 cm³/mol. The summed E-state index contributed by atoms with van der Waals surface area (Å²) in [6.45, 7) is 7.49. The van der Waals surface area contributed by atoms with E-state index in [9.17, 15) is 23.5 Å². The zero-order valence-electron chi connectivity index (χ0n) is 20.3. The first-order valence-corrected chi connectivity index (χ1v) is 11.3. The number of ether oxygens (including phenoxy) is 2. The van der Waals surface area contributed by atoms with Crippen LogP contribution in [0.3, 0.4) is 0 Å². The molecule has 0 saturated carbocycles. The van der Waals surface area contributed by atoms with Crippen LogP contribution in [0.5, 0.6) is 11.8 Å². The number of anilines is 1. The lowest BCUT2D eigenvalue weighted by atomic mass is 10.1. The first-order chi connectivity index (χ1) is 16.2.